The zero-order chi connectivity index (χ0) is 24.0. The highest BCUT2D eigenvalue weighted by Gasteiger charge is 2.18. The molecule has 0 amide bonds. The van der Waals surface area contributed by atoms with Crippen LogP contribution in [0.4, 0.5) is 0 Å². The molecule has 6 nitrogen and oxygen atoms in total. The highest BCUT2D eigenvalue weighted by Crippen LogP contribution is 2.25. The number of rotatable bonds is 7. The van der Waals surface area contributed by atoms with Crippen molar-refractivity contribution in [1.29, 1.82) is 0 Å². The number of carboxylic acid groups (broad SMARTS) is 1. The fourth-order valence-electron chi connectivity index (χ4n) is 3.48. The van der Waals surface area contributed by atoms with Gasteiger partial charge in [0.2, 0.25) is 0 Å². The summed E-state index contributed by atoms with van der Waals surface area (Å²) >= 11 is 0. The molecule has 33 heavy (non-hydrogen) atoms. The van der Waals surface area contributed by atoms with E-state index in [0.29, 0.717) is 24.0 Å². The number of aromatic carboxylic acids is 1. The molecule has 0 saturated heterocycles. The second kappa shape index (κ2) is 10.3. The van der Waals surface area contributed by atoms with Crippen molar-refractivity contribution in [2.75, 3.05) is 12.9 Å². The number of nitrogens with zero attached hydrogens (tertiary/aromatic N) is 1. The van der Waals surface area contributed by atoms with Crippen LogP contribution in [0.15, 0.2) is 59.6 Å². The number of aryl methyl sites for hydroxylation is 1. The van der Waals surface area contributed by atoms with Crippen LogP contribution >= 0.6 is 0 Å². The summed E-state index contributed by atoms with van der Waals surface area (Å²) in [6.45, 7) is 4.01. The molecule has 0 saturated carbocycles. The summed E-state index contributed by atoms with van der Waals surface area (Å²) in [6, 6.07) is 13.4. The van der Waals surface area contributed by atoms with Gasteiger partial charge in [0.25, 0.3) is 0 Å². The molecular weight excluding hydrogens is 438 g/mol. The number of benzene rings is 2. The second-order valence-electron chi connectivity index (χ2n) is 7.58. The fourth-order valence-corrected chi connectivity index (χ4v) is 4.97. The van der Waals surface area contributed by atoms with E-state index in [1.807, 2.05) is 26.0 Å². The van der Waals surface area contributed by atoms with Crippen molar-refractivity contribution in [2.24, 2.45) is 0 Å². The lowest BCUT2D eigenvalue weighted by Gasteiger charge is -2.13. The number of hydrogen-bond acceptors (Lipinski definition) is 5. The molecule has 0 spiro atoms. The Balaban J connectivity index is 1.76. The van der Waals surface area contributed by atoms with Crippen LogP contribution in [-0.2, 0) is 16.3 Å². The first-order valence-electron chi connectivity index (χ1n) is 10.4. The number of ether oxygens (including phenoxy) is 1. The maximum absolute atomic E-state index is 13.1. The minimum Gasteiger partial charge on any atom is -0.496 e. The quantitative estimate of drug-likeness (QED) is 0.528. The number of hydrogen-bond donors (Lipinski definition) is 1. The number of sulfone groups is 1. The molecule has 170 valence electrons. The molecule has 0 radical (unpaired) electrons. The summed E-state index contributed by atoms with van der Waals surface area (Å²) in [4.78, 5) is 14.9. The molecule has 0 aliphatic heterocycles. The van der Waals surface area contributed by atoms with E-state index in [0.717, 1.165) is 22.4 Å². The van der Waals surface area contributed by atoms with Gasteiger partial charge in [-0.25, -0.2) is 18.2 Å². The molecule has 1 N–H and O–H groups in total. The first kappa shape index (κ1) is 24.0. The van der Waals surface area contributed by atoms with Gasteiger partial charge in [-0.2, -0.15) is 0 Å². The zero-order valence-electron chi connectivity index (χ0n) is 18.8. The Morgan fingerprint density at radius 3 is 2.45 bits per heavy atom. The SMILES string of the molecule is COc1ccc(CCCS(=O)(=O)c2ccccc2C#Cc2ccc(C(=O)O)nc2)c(C)c1C. The van der Waals surface area contributed by atoms with Gasteiger partial charge in [0.1, 0.15) is 11.4 Å². The normalized spacial score (nSPS) is 10.9. The van der Waals surface area contributed by atoms with E-state index in [2.05, 4.69) is 16.8 Å². The molecule has 2 aromatic carbocycles. The summed E-state index contributed by atoms with van der Waals surface area (Å²) in [6.07, 6.45) is 2.48. The van der Waals surface area contributed by atoms with Gasteiger partial charge >= 0.3 is 5.97 Å². The van der Waals surface area contributed by atoms with Crippen molar-refractivity contribution in [1.82, 2.24) is 4.98 Å². The molecule has 1 aromatic heterocycles. The van der Waals surface area contributed by atoms with Crippen LogP contribution in [0.5, 0.6) is 5.75 Å². The Hall–Kier alpha value is -3.63. The summed E-state index contributed by atoms with van der Waals surface area (Å²) < 4.78 is 31.5. The predicted octanol–water partition coefficient (Wildman–Crippen LogP) is 4.21. The minimum atomic E-state index is -3.54. The van der Waals surface area contributed by atoms with Crippen LogP contribution in [-0.4, -0.2) is 37.3 Å². The Labute approximate surface area is 194 Å². The predicted molar refractivity (Wildman–Crippen MR) is 126 cm³/mol. The lowest BCUT2D eigenvalue weighted by Crippen LogP contribution is -2.10. The number of aromatic nitrogens is 1. The molecule has 0 fully saturated rings. The Morgan fingerprint density at radius 2 is 1.79 bits per heavy atom. The van der Waals surface area contributed by atoms with Gasteiger partial charge < -0.3 is 9.84 Å². The van der Waals surface area contributed by atoms with Gasteiger partial charge in [0, 0.05) is 17.3 Å². The molecule has 0 unspecified atom stereocenters. The van der Waals surface area contributed by atoms with Crippen LogP contribution in [0.3, 0.4) is 0 Å². The number of carboxylic acids is 1. The largest absolute Gasteiger partial charge is 0.496 e. The van der Waals surface area contributed by atoms with E-state index in [1.54, 1.807) is 37.4 Å². The molecular formula is C26H25NO5S. The molecule has 0 bridgehead atoms. The van der Waals surface area contributed by atoms with E-state index >= 15 is 0 Å². The summed E-state index contributed by atoms with van der Waals surface area (Å²) in [7, 11) is -1.90. The standard InChI is InChI=1S/C26H25NO5S/c1-18-19(2)24(32-3)15-13-21(18)8-6-16-33(30,31)25-9-5-4-7-22(25)12-10-20-11-14-23(26(28)29)27-17-20/h4-5,7,9,11,13-15,17H,6,8,16H2,1-3H3,(H,28,29). The smallest absolute Gasteiger partial charge is 0.354 e. The maximum atomic E-state index is 13.1. The monoisotopic (exact) mass is 463 g/mol. The van der Waals surface area contributed by atoms with Gasteiger partial charge in [-0.15, -0.1) is 0 Å². The van der Waals surface area contributed by atoms with E-state index in [1.165, 1.54) is 12.3 Å². The van der Waals surface area contributed by atoms with Crippen LogP contribution in [0.25, 0.3) is 0 Å². The highest BCUT2D eigenvalue weighted by molar-refractivity contribution is 7.91. The minimum absolute atomic E-state index is 0.00503. The summed E-state index contributed by atoms with van der Waals surface area (Å²) in [5.41, 5.74) is 4.10. The molecule has 1 heterocycles. The lowest BCUT2D eigenvalue weighted by molar-refractivity contribution is 0.0690. The topological polar surface area (TPSA) is 93.6 Å². The van der Waals surface area contributed by atoms with Crippen LogP contribution in [0.2, 0.25) is 0 Å². The summed E-state index contributed by atoms with van der Waals surface area (Å²) in [5, 5.41) is 8.93. The molecule has 3 rings (SSSR count). The first-order valence-corrected chi connectivity index (χ1v) is 12.0. The number of pyridine rings is 1. The van der Waals surface area contributed by atoms with Crippen molar-refractivity contribution in [3.8, 4) is 17.6 Å². The third kappa shape index (κ3) is 5.79. The Kier molecular flexibility index (Phi) is 7.52. The van der Waals surface area contributed by atoms with Crippen molar-refractivity contribution in [3.05, 3.63) is 88.2 Å². The van der Waals surface area contributed by atoms with Crippen LogP contribution in [0, 0.1) is 25.7 Å². The van der Waals surface area contributed by atoms with Crippen molar-refractivity contribution < 1.29 is 23.1 Å². The average Bonchev–Trinajstić information content (AvgIpc) is 2.81. The molecule has 3 aromatic rings. The van der Waals surface area contributed by atoms with Gasteiger partial charge in [-0.3, -0.25) is 0 Å². The lowest BCUT2D eigenvalue weighted by atomic mass is 9.99. The summed E-state index contributed by atoms with van der Waals surface area (Å²) in [5.74, 6) is 5.46. The second-order valence-corrected chi connectivity index (χ2v) is 9.66. The Bertz CT molecular complexity index is 1330. The van der Waals surface area contributed by atoms with Gasteiger partial charge in [-0.1, -0.05) is 30.0 Å². The third-order valence-electron chi connectivity index (χ3n) is 5.47. The van der Waals surface area contributed by atoms with Crippen LogP contribution in [0.1, 0.15) is 44.7 Å². The molecule has 7 heteroatoms. The van der Waals surface area contributed by atoms with E-state index in [4.69, 9.17) is 9.84 Å². The third-order valence-corrected chi connectivity index (χ3v) is 7.33. The van der Waals surface area contributed by atoms with E-state index in [9.17, 15) is 13.2 Å². The van der Waals surface area contributed by atoms with Crippen molar-refractivity contribution in [3.63, 3.8) is 0 Å². The van der Waals surface area contributed by atoms with Gasteiger partial charge in [0.15, 0.2) is 9.84 Å². The van der Waals surface area contributed by atoms with Gasteiger partial charge in [0.05, 0.1) is 17.8 Å². The van der Waals surface area contributed by atoms with Crippen LogP contribution < -0.4 is 4.74 Å². The number of carbonyl (C=O) groups is 1. The average molecular weight is 464 g/mol. The fraction of sp³-hybridized carbons (Fsp3) is 0.231. The molecule has 0 aliphatic carbocycles. The van der Waals surface area contributed by atoms with Gasteiger partial charge in [-0.05, 0) is 73.7 Å². The van der Waals surface area contributed by atoms with Crippen molar-refractivity contribution in [2.45, 2.75) is 31.6 Å². The molecule has 0 atom stereocenters. The van der Waals surface area contributed by atoms with E-state index < -0.39 is 15.8 Å². The number of methoxy groups -OCH3 is 1. The highest BCUT2D eigenvalue weighted by atomic mass is 32.2. The molecule has 0 aliphatic rings. The first-order chi connectivity index (χ1) is 15.7. The maximum Gasteiger partial charge on any atom is 0.354 e. The van der Waals surface area contributed by atoms with E-state index in [-0.39, 0.29) is 16.3 Å². The Morgan fingerprint density at radius 1 is 1.03 bits per heavy atom. The van der Waals surface area contributed by atoms with Crippen molar-refractivity contribution >= 4 is 15.8 Å². The zero-order valence-corrected chi connectivity index (χ0v) is 19.6.